The van der Waals surface area contributed by atoms with Crippen LogP contribution < -0.4 is 0 Å². The van der Waals surface area contributed by atoms with Crippen molar-refractivity contribution in [2.24, 2.45) is 0 Å². The number of hydrogen-bond acceptors (Lipinski definition) is 3. The molecule has 4 rings (SSSR count). The minimum atomic E-state index is 0.0199. The van der Waals surface area contributed by atoms with Crippen molar-refractivity contribution in [3.8, 4) is 0 Å². The number of rotatable bonds is 1. The second-order valence-electron chi connectivity index (χ2n) is 4.89. The normalized spacial score (nSPS) is 14.5. The van der Waals surface area contributed by atoms with Gasteiger partial charge >= 0.3 is 0 Å². The molecule has 0 spiro atoms. The number of hydrogen-bond donors (Lipinski definition) is 1. The van der Waals surface area contributed by atoms with Gasteiger partial charge in [0.25, 0.3) is 5.91 Å². The molecular weight excluding hydrogens is 254 g/mol. The molecule has 6 heteroatoms. The predicted octanol–water partition coefficient (Wildman–Crippen LogP) is 1.26. The Labute approximate surface area is 115 Å². The number of nitrogens with one attached hydrogen (secondary N) is 1. The summed E-state index contributed by atoms with van der Waals surface area (Å²) in [6.45, 7) is 1.28. The van der Waals surface area contributed by atoms with Gasteiger partial charge in [0.05, 0.1) is 41.5 Å². The smallest absolute Gasteiger partial charge is 0.258 e. The Balaban J connectivity index is 1.68. The maximum absolute atomic E-state index is 12.6. The number of aromatic nitrogens is 4. The summed E-state index contributed by atoms with van der Waals surface area (Å²) in [7, 11) is 0. The summed E-state index contributed by atoms with van der Waals surface area (Å²) < 4.78 is 1.72. The Morgan fingerprint density at radius 1 is 1.35 bits per heavy atom. The fourth-order valence-corrected chi connectivity index (χ4v) is 2.66. The first kappa shape index (κ1) is 11.2. The van der Waals surface area contributed by atoms with E-state index in [2.05, 4.69) is 15.1 Å². The van der Waals surface area contributed by atoms with Gasteiger partial charge in [0.2, 0.25) is 0 Å². The SMILES string of the molecule is O=C(c1cnn2ccccc12)N1CCc2nc[nH]c2C1. The zero-order valence-corrected chi connectivity index (χ0v) is 10.8. The van der Waals surface area contributed by atoms with E-state index in [0.29, 0.717) is 18.7 Å². The fraction of sp³-hybridized carbons (Fsp3) is 0.214. The molecule has 0 unspecified atom stereocenters. The van der Waals surface area contributed by atoms with Gasteiger partial charge in [0.15, 0.2) is 0 Å². The number of aromatic amines is 1. The van der Waals surface area contributed by atoms with Crippen molar-refractivity contribution in [3.63, 3.8) is 0 Å². The largest absolute Gasteiger partial charge is 0.347 e. The summed E-state index contributed by atoms with van der Waals surface area (Å²) in [6.07, 6.45) is 5.97. The molecule has 20 heavy (non-hydrogen) atoms. The summed E-state index contributed by atoms with van der Waals surface area (Å²) in [5.74, 6) is 0.0199. The lowest BCUT2D eigenvalue weighted by molar-refractivity contribution is 0.0734. The number of carbonyl (C=O) groups excluding carboxylic acids is 1. The third kappa shape index (κ3) is 1.61. The number of H-pyrrole nitrogens is 1. The summed E-state index contributed by atoms with van der Waals surface area (Å²) in [5, 5.41) is 4.22. The van der Waals surface area contributed by atoms with E-state index < -0.39 is 0 Å². The summed E-state index contributed by atoms with van der Waals surface area (Å²) >= 11 is 0. The minimum absolute atomic E-state index is 0.0199. The van der Waals surface area contributed by atoms with Crippen molar-refractivity contribution in [1.82, 2.24) is 24.5 Å². The Kier molecular flexibility index (Phi) is 2.35. The molecule has 6 nitrogen and oxygen atoms in total. The number of pyridine rings is 1. The molecule has 1 amide bonds. The second-order valence-corrected chi connectivity index (χ2v) is 4.89. The van der Waals surface area contributed by atoms with Crippen molar-refractivity contribution < 1.29 is 4.79 Å². The van der Waals surface area contributed by atoms with Crippen molar-refractivity contribution in [2.45, 2.75) is 13.0 Å². The van der Waals surface area contributed by atoms with Gasteiger partial charge < -0.3 is 9.88 Å². The molecule has 3 aromatic heterocycles. The van der Waals surface area contributed by atoms with E-state index in [4.69, 9.17) is 0 Å². The first-order valence-electron chi connectivity index (χ1n) is 6.56. The van der Waals surface area contributed by atoms with Crippen LogP contribution in [-0.2, 0) is 13.0 Å². The van der Waals surface area contributed by atoms with Crippen LogP contribution in [0.2, 0.25) is 0 Å². The standard InChI is InChI=1S/C14H13N5O/c20-14(10-7-17-19-5-2-1-3-13(10)19)18-6-4-11-12(8-18)16-9-15-11/h1-3,5,7,9H,4,6,8H2,(H,15,16). The Morgan fingerprint density at radius 2 is 2.30 bits per heavy atom. The van der Waals surface area contributed by atoms with E-state index in [-0.39, 0.29) is 5.91 Å². The lowest BCUT2D eigenvalue weighted by atomic mass is 10.1. The molecular formula is C14H13N5O. The Bertz CT molecular complexity index is 788. The number of carbonyl (C=O) groups is 1. The van der Waals surface area contributed by atoms with Crippen molar-refractivity contribution in [2.75, 3.05) is 6.54 Å². The molecule has 0 saturated heterocycles. The van der Waals surface area contributed by atoms with E-state index >= 15 is 0 Å². The maximum Gasteiger partial charge on any atom is 0.258 e. The van der Waals surface area contributed by atoms with Gasteiger partial charge in [-0.1, -0.05) is 6.07 Å². The van der Waals surface area contributed by atoms with Gasteiger partial charge in [-0.05, 0) is 12.1 Å². The third-order valence-electron chi connectivity index (χ3n) is 3.72. The molecule has 1 aliphatic heterocycles. The second kappa shape index (κ2) is 4.19. The molecule has 0 atom stereocenters. The van der Waals surface area contributed by atoms with E-state index in [1.54, 1.807) is 17.0 Å². The third-order valence-corrected chi connectivity index (χ3v) is 3.72. The average Bonchev–Trinajstić information content (AvgIpc) is 3.12. The van der Waals surface area contributed by atoms with Crippen LogP contribution in [-0.4, -0.2) is 36.9 Å². The van der Waals surface area contributed by atoms with Crippen LogP contribution in [0, 0.1) is 0 Å². The lowest BCUT2D eigenvalue weighted by Crippen LogP contribution is -2.36. The molecule has 100 valence electrons. The van der Waals surface area contributed by atoms with Gasteiger partial charge in [-0.2, -0.15) is 5.10 Å². The van der Waals surface area contributed by atoms with E-state index in [1.165, 1.54) is 0 Å². The number of fused-ring (bicyclic) bond motifs is 2. The number of nitrogens with zero attached hydrogens (tertiary/aromatic N) is 4. The summed E-state index contributed by atoms with van der Waals surface area (Å²) in [4.78, 5) is 21.8. The fourth-order valence-electron chi connectivity index (χ4n) is 2.66. The highest BCUT2D eigenvalue weighted by Gasteiger charge is 2.25. The van der Waals surface area contributed by atoms with Crippen LogP contribution in [0.15, 0.2) is 36.9 Å². The molecule has 0 fully saturated rings. The average molecular weight is 267 g/mol. The number of imidazole rings is 1. The van der Waals surface area contributed by atoms with Crippen molar-refractivity contribution in [1.29, 1.82) is 0 Å². The molecule has 0 aromatic carbocycles. The molecule has 3 aromatic rings. The zero-order valence-electron chi connectivity index (χ0n) is 10.8. The molecule has 0 aliphatic carbocycles. The van der Waals surface area contributed by atoms with Crippen molar-refractivity contribution in [3.05, 3.63) is 53.9 Å². The summed E-state index contributed by atoms with van der Waals surface area (Å²) in [6, 6.07) is 5.72. The number of amides is 1. The molecule has 0 radical (unpaired) electrons. The molecule has 1 aliphatic rings. The van der Waals surface area contributed by atoms with Crippen molar-refractivity contribution >= 4 is 11.4 Å². The first-order valence-corrected chi connectivity index (χ1v) is 6.56. The highest BCUT2D eigenvalue weighted by Crippen LogP contribution is 2.19. The van der Waals surface area contributed by atoms with Crippen LogP contribution in [0.1, 0.15) is 21.7 Å². The highest BCUT2D eigenvalue weighted by molar-refractivity contribution is 6.00. The van der Waals surface area contributed by atoms with Gasteiger partial charge in [-0.15, -0.1) is 0 Å². The van der Waals surface area contributed by atoms with E-state index in [1.807, 2.05) is 29.3 Å². The molecule has 4 heterocycles. The molecule has 0 saturated carbocycles. The van der Waals surface area contributed by atoms with Gasteiger partial charge in [-0.3, -0.25) is 4.79 Å². The quantitative estimate of drug-likeness (QED) is 0.721. The topological polar surface area (TPSA) is 66.3 Å². The monoisotopic (exact) mass is 267 g/mol. The van der Waals surface area contributed by atoms with E-state index in [9.17, 15) is 4.79 Å². The highest BCUT2D eigenvalue weighted by atomic mass is 16.2. The molecule has 1 N–H and O–H groups in total. The summed E-state index contributed by atoms with van der Waals surface area (Å²) in [5.41, 5.74) is 3.58. The van der Waals surface area contributed by atoms with Gasteiger partial charge in [0, 0.05) is 19.2 Å². The Morgan fingerprint density at radius 3 is 3.25 bits per heavy atom. The van der Waals surface area contributed by atoms with Gasteiger partial charge in [-0.25, -0.2) is 9.50 Å². The minimum Gasteiger partial charge on any atom is -0.347 e. The van der Waals surface area contributed by atoms with E-state index in [0.717, 1.165) is 23.3 Å². The van der Waals surface area contributed by atoms with Crippen LogP contribution in [0.5, 0.6) is 0 Å². The van der Waals surface area contributed by atoms with Crippen LogP contribution >= 0.6 is 0 Å². The maximum atomic E-state index is 12.6. The Hall–Kier alpha value is -2.63. The van der Waals surface area contributed by atoms with Crippen LogP contribution in [0.25, 0.3) is 5.52 Å². The van der Waals surface area contributed by atoms with Gasteiger partial charge in [0.1, 0.15) is 0 Å². The first-order chi connectivity index (χ1) is 9.83. The zero-order chi connectivity index (χ0) is 13.5. The van der Waals surface area contributed by atoms with Crippen LogP contribution in [0.4, 0.5) is 0 Å². The molecule has 0 bridgehead atoms. The lowest BCUT2D eigenvalue weighted by Gasteiger charge is -2.25. The van der Waals surface area contributed by atoms with Crippen LogP contribution in [0.3, 0.4) is 0 Å². The predicted molar refractivity (Wildman–Crippen MR) is 72.2 cm³/mol.